The molecule has 1 atom stereocenters. The summed E-state index contributed by atoms with van der Waals surface area (Å²) in [6.45, 7) is 1.22. The smallest absolute Gasteiger partial charge is 0.120 e. The summed E-state index contributed by atoms with van der Waals surface area (Å²) in [6.07, 6.45) is 0. The van der Waals surface area contributed by atoms with Crippen molar-refractivity contribution < 1.29 is 9.47 Å². The molecule has 0 spiro atoms. The van der Waals surface area contributed by atoms with Crippen molar-refractivity contribution in [3.8, 4) is 5.75 Å². The highest BCUT2D eigenvalue weighted by Gasteiger charge is 2.09. The second kappa shape index (κ2) is 7.68. The van der Waals surface area contributed by atoms with Crippen molar-refractivity contribution in [2.45, 2.75) is 12.6 Å². The van der Waals surface area contributed by atoms with E-state index < -0.39 is 0 Å². The summed E-state index contributed by atoms with van der Waals surface area (Å²) < 4.78 is 11.1. The maximum atomic E-state index is 5.84. The Morgan fingerprint density at radius 3 is 2.55 bits per heavy atom. The third-order valence-electron chi connectivity index (χ3n) is 3.19. The Balaban J connectivity index is 2.02. The van der Waals surface area contributed by atoms with E-state index in [0.717, 1.165) is 5.75 Å². The van der Waals surface area contributed by atoms with Crippen LogP contribution in [0.25, 0.3) is 0 Å². The summed E-state index contributed by atoms with van der Waals surface area (Å²) in [7, 11) is 3.64. The standard InChI is InChI=1S/C17H21NO2/c1-18-17(13-19-2)15-9-6-10-16(11-15)20-12-14-7-4-3-5-8-14/h3-11,17-18H,12-13H2,1-2H3. The lowest BCUT2D eigenvalue weighted by Crippen LogP contribution is -2.21. The zero-order chi connectivity index (χ0) is 14.2. The van der Waals surface area contributed by atoms with Gasteiger partial charge in [-0.2, -0.15) is 0 Å². The zero-order valence-electron chi connectivity index (χ0n) is 12.0. The van der Waals surface area contributed by atoms with Crippen molar-refractivity contribution in [3.63, 3.8) is 0 Å². The average Bonchev–Trinajstić information content (AvgIpc) is 2.52. The molecule has 0 saturated heterocycles. The van der Waals surface area contributed by atoms with Gasteiger partial charge in [-0.05, 0) is 30.3 Å². The Labute approximate surface area is 120 Å². The van der Waals surface area contributed by atoms with Crippen molar-refractivity contribution in [1.29, 1.82) is 0 Å². The molecule has 3 heteroatoms. The molecular formula is C17H21NO2. The summed E-state index contributed by atoms with van der Waals surface area (Å²) in [4.78, 5) is 0. The normalized spacial score (nSPS) is 12.1. The molecule has 1 unspecified atom stereocenters. The fraction of sp³-hybridized carbons (Fsp3) is 0.294. The van der Waals surface area contributed by atoms with Crippen LogP contribution in [0.4, 0.5) is 0 Å². The van der Waals surface area contributed by atoms with Gasteiger partial charge in [0.15, 0.2) is 0 Å². The van der Waals surface area contributed by atoms with E-state index in [1.807, 2.05) is 37.4 Å². The largest absolute Gasteiger partial charge is 0.489 e. The predicted octanol–water partition coefficient (Wildman–Crippen LogP) is 3.17. The number of ether oxygens (including phenoxy) is 2. The third-order valence-corrected chi connectivity index (χ3v) is 3.19. The van der Waals surface area contributed by atoms with Crippen LogP contribution in [0.3, 0.4) is 0 Å². The number of rotatable bonds is 7. The van der Waals surface area contributed by atoms with Gasteiger partial charge in [-0.1, -0.05) is 42.5 Å². The van der Waals surface area contributed by atoms with Crippen LogP contribution in [0.15, 0.2) is 54.6 Å². The molecule has 0 aliphatic rings. The molecule has 0 aromatic heterocycles. The van der Waals surface area contributed by atoms with Crippen molar-refractivity contribution in [2.75, 3.05) is 20.8 Å². The van der Waals surface area contributed by atoms with Crippen LogP contribution in [0.5, 0.6) is 5.75 Å². The summed E-state index contributed by atoms with van der Waals surface area (Å²) in [5.74, 6) is 0.878. The predicted molar refractivity (Wildman–Crippen MR) is 80.9 cm³/mol. The van der Waals surface area contributed by atoms with E-state index in [-0.39, 0.29) is 6.04 Å². The highest BCUT2D eigenvalue weighted by atomic mass is 16.5. The third kappa shape index (κ3) is 4.08. The molecule has 106 valence electrons. The van der Waals surface area contributed by atoms with E-state index in [2.05, 4.69) is 29.6 Å². The molecule has 0 fully saturated rings. The molecule has 0 amide bonds. The second-order valence-electron chi connectivity index (χ2n) is 4.64. The molecule has 0 aliphatic heterocycles. The molecule has 2 rings (SSSR count). The Kier molecular flexibility index (Phi) is 5.59. The minimum Gasteiger partial charge on any atom is -0.489 e. The van der Waals surface area contributed by atoms with Gasteiger partial charge in [0.2, 0.25) is 0 Å². The van der Waals surface area contributed by atoms with Crippen LogP contribution < -0.4 is 10.1 Å². The molecule has 0 bridgehead atoms. The quantitative estimate of drug-likeness (QED) is 0.839. The van der Waals surface area contributed by atoms with Crippen molar-refractivity contribution in [2.24, 2.45) is 0 Å². The van der Waals surface area contributed by atoms with Crippen LogP contribution in [-0.4, -0.2) is 20.8 Å². The number of benzene rings is 2. The van der Waals surface area contributed by atoms with E-state index in [1.54, 1.807) is 7.11 Å². The minimum atomic E-state index is 0.181. The highest BCUT2D eigenvalue weighted by molar-refractivity contribution is 5.31. The van der Waals surface area contributed by atoms with Crippen molar-refractivity contribution in [1.82, 2.24) is 5.32 Å². The van der Waals surface area contributed by atoms with Crippen molar-refractivity contribution in [3.05, 3.63) is 65.7 Å². The van der Waals surface area contributed by atoms with E-state index in [4.69, 9.17) is 9.47 Å². The van der Waals surface area contributed by atoms with E-state index >= 15 is 0 Å². The summed E-state index contributed by atoms with van der Waals surface area (Å²) in [5, 5.41) is 3.24. The fourth-order valence-electron chi connectivity index (χ4n) is 2.07. The molecule has 0 heterocycles. The molecule has 1 N–H and O–H groups in total. The lowest BCUT2D eigenvalue weighted by molar-refractivity contribution is 0.170. The van der Waals surface area contributed by atoms with Crippen LogP contribution in [-0.2, 0) is 11.3 Å². The number of hydrogen-bond donors (Lipinski definition) is 1. The van der Waals surface area contributed by atoms with Gasteiger partial charge in [0.1, 0.15) is 12.4 Å². The van der Waals surface area contributed by atoms with Crippen molar-refractivity contribution >= 4 is 0 Å². The molecule has 0 aliphatic carbocycles. The van der Waals surface area contributed by atoms with Gasteiger partial charge in [0.05, 0.1) is 12.6 Å². The van der Waals surface area contributed by atoms with Crippen LogP contribution in [0, 0.1) is 0 Å². The van der Waals surface area contributed by atoms with Gasteiger partial charge >= 0.3 is 0 Å². The monoisotopic (exact) mass is 271 g/mol. The van der Waals surface area contributed by atoms with E-state index in [9.17, 15) is 0 Å². The number of likely N-dealkylation sites (N-methyl/N-ethyl adjacent to an activating group) is 1. The lowest BCUT2D eigenvalue weighted by atomic mass is 10.1. The number of methoxy groups -OCH3 is 1. The Bertz CT molecular complexity index is 513. The maximum absolute atomic E-state index is 5.84. The SMILES string of the molecule is CNC(COC)c1cccc(OCc2ccccc2)c1. The van der Waals surface area contributed by atoms with Gasteiger partial charge in [-0.25, -0.2) is 0 Å². The Morgan fingerprint density at radius 1 is 1.05 bits per heavy atom. The molecule has 20 heavy (non-hydrogen) atoms. The average molecular weight is 271 g/mol. The van der Waals surface area contributed by atoms with Crippen LogP contribution >= 0.6 is 0 Å². The van der Waals surface area contributed by atoms with E-state index in [0.29, 0.717) is 13.2 Å². The fourth-order valence-corrected chi connectivity index (χ4v) is 2.07. The topological polar surface area (TPSA) is 30.5 Å². The Hall–Kier alpha value is -1.84. The van der Waals surface area contributed by atoms with Gasteiger partial charge < -0.3 is 14.8 Å². The second-order valence-corrected chi connectivity index (χ2v) is 4.64. The van der Waals surface area contributed by atoms with Crippen LogP contribution in [0.2, 0.25) is 0 Å². The maximum Gasteiger partial charge on any atom is 0.120 e. The number of hydrogen-bond acceptors (Lipinski definition) is 3. The van der Waals surface area contributed by atoms with Gasteiger partial charge in [0.25, 0.3) is 0 Å². The summed E-state index contributed by atoms with van der Waals surface area (Å²) >= 11 is 0. The first-order valence-electron chi connectivity index (χ1n) is 6.76. The van der Waals surface area contributed by atoms with Gasteiger partial charge in [0, 0.05) is 7.11 Å². The van der Waals surface area contributed by atoms with Gasteiger partial charge in [-0.15, -0.1) is 0 Å². The molecule has 0 radical (unpaired) electrons. The molecule has 2 aromatic rings. The van der Waals surface area contributed by atoms with E-state index in [1.165, 1.54) is 11.1 Å². The number of nitrogens with one attached hydrogen (secondary N) is 1. The molecule has 3 nitrogen and oxygen atoms in total. The van der Waals surface area contributed by atoms with Gasteiger partial charge in [-0.3, -0.25) is 0 Å². The minimum absolute atomic E-state index is 0.181. The summed E-state index contributed by atoms with van der Waals surface area (Å²) in [6, 6.07) is 18.5. The highest BCUT2D eigenvalue weighted by Crippen LogP contribution is 2.20. The van der Waals surface area contributed by atoms with Crippen LogP contribution in [0.1, 0.15) is 17.2 Å². The molecular weight excluding hydrogens is 250 g/mol. The molecule has 0 saturated carbocycles. The first-order valence-corrected chi connectivity index (χ1v) is 6.76. The zero-order valence-corrected chi connectivity index (χ0v) is 12.0. The Morgan fingerprint density at radius 2 is 1.85 bits per heavy atom. The lowest BCUT2D eigenvalue weighted by Gasteiger charge is -2.16. The first kappa shape index (κ1) is 14.6. The summed E-state index contributed by atoms with van der Waals surface area (Å²) in [5.41, 5.74) is 2.33. The molecule has 2 aromatic carbocycles. The first-order chi connectivity index (χ1) is 9.83.